The summed E-state index contributed by atoms with van der Waals surface area (Å²) in [6.07, 6.45) is 6.59. The molecule has 3 nitrogen and oxygen atoms in total. The van der Waals surface area contributed by atoms with E-state index in [-0.39, 0.29) is 22.7 Å². The van der Waals surface area contributed by atoms with Crippen molar-refractivity contribution in [3.8, 4) is 0 Å². The molecular formula is C20H30O3. The molecule has 2 fully saturated rings. The molecule has 6 atom stereocenters. The fourth-order valence-electron chi connectivity index (χ4n) is 6.72. The van der Waals surface area contributed by atoms with Crippen molar-refractivity contribution in [2.45, 2.75) is 71.5 Å². The van der Waals surface area contributed by atoms with E-state index in [0.717, 1.165) is 24.2 Å². The molecule has 2 saturated carbocycles. The molecule has 0 radical (unpaired) electrons. The molecule has 0 aliphatic heterocycles. The Morgan fingerprint density at radius 3 is 2.65 bits per heavy atom. The van der Waals surface area contributed by atoms with Crippen LogP contribution in [0.15, 0.2) is 16.7 Å². The Morgan fingerprint density at radius 2 is 1.91 bits per heavy atom. The van der Waals surface area contributed by atoms with E-state index in [0.29, 0.717) is 5.92 Å². The van der Waals surface area contributed by atoms with Crippen LogP contribution in [0.25, 0.3) is 0 Å². The minimum Gasteiger partial charge on any atom is -0.469 e. The van der Waals surface area contributed by atoms with Gasteiger partial charge >= 0.3 is 0 Å². The van der Waals surface area contributed by atoms with E-state index in [1.807, 2.05) is 13.0 Å². The van der Waals surface area contributed by atoms with Gasteiger partial charge in [-0.05, 0) is 54.9 Å². The summed E-state index contributed by atoms with van der Waals surface area (Å²) < 4.78 is 5.71. The third-order valence-corrected chi connectivity index (χ3v) is 7.79. The molecule has 1 aromatic heterocycles. The normalized spacial score (nSPS) is 48.3. The molecule has 3 aliphatic rings. The van der Waals surface area contributed by atoms with Crippen molar-refractivity contribution >= 4 is 0 Å². The fraction of sp³-hybridized carbons (Fsp3) is 0.800. The Hall–Kier alpha value is -0.800. The lowest BCUT2D eigenvalue weighted by Crippen LogP contribution is -2.62. The average molecular weight is 318 g/mol. The quantitative estimate of drug-likeness (QED) is 0.763. The summed E-state index contributed by atoms with van der Waals surface area (Å²) in [5, 5.41) is 22.3. The molecule has 1 aromatic rings. The number of furan rings is 1. The van der Waals surface area contributed by atoms with Gasteiger partial charge in [0.2, 0.25) is 0 Å². The van der Waals surface area contributed by atoms with E-state index in [9.17, 15) is 10.2 Å². The average Bonchev–Trinajstić information content (AvgIpc) is 2.90. The summed E-state index contributed by atoms with van der Waals surface area (Å²) in [5.74, 6) is 1.62. The Bertz CT molecular complexity index is 614. The van der Waals surface area contributed by atoms with Crippen LogP contribution in [-0.2, 0) is 12.0 Å². The molecule has 23 heavy (non-hydrogen) atoms. The molecule has 4 rings (SSSR count). The zero-order chi connectivity index (χ0) is 16.6. The summed E-state index contributed by atoms with van der Waals surface area (Å²) in [4.78, 5) is 0. The molecule has 0 aromatic carbocycles. The van der Waals surface area contributed by atoms with Crippen molar-refractivity contribution in [2.24, 2.45) is 28.6 Å². The van der Waals surface area contributed by atoms with E-state index in [2.05, 4.69) is 20.8 Å². The number of rotatable bonds is 0. The Kier molecular flexibility index (Phi) is 3.17. The van der Waals surface area contributed by atoms with Crippen LogP contribution in [-0.4, -0.2) is 16.3 Å². The lowest BCUT2D eigenvalue weighted by molar-refractivity contribution is -0.203. The van der Waals surface area contributed by atoms with Gasteiger partial charge in [0.1, 0.15) is 5.76 Å². The molecule has 0 bridgehead atoms. The van der Waals surface area contributed by atoms with Gasteiger partial charge < -0.3 is 14.6 Å². The van der Waals surface area contributed by atoms with Crippen LogP contribution in [0.5, 0.6) is 0 Å². The van der Waals surface area contributed by atoms with Gasteiger partial charge in [0.25, 0.3) is 0 Å². The van der Waals surface area contributed by atoms with Crippen LogP contribution in [0.2, 0.25) is 0 Å². The van der Waals surface area contributed by atoms with Crippen molar-refractivity contribution in [3.05, 3.63) is 23.7 Å². The molecule has 1 heterocycles. The maximum absolute atomic E-state index is 11.3. The van der Waals surface area contributed by atoms with Gasteiger partial charge in [0.15, 0.2) is 0 Å². The van der Waals surface area contributed by atoms with Crippen LogP contribution in [0.1, 0.15) is 64.7 Å². The summed E-state index contributed by atoms with van der Waals surface area (Å²) in [6.45, 7) is 9.01. The van der Waals surface area contributed by atoms with Crippen LogP contribution in [0, 0.1) is 28.6 Å². The second-order valence-corrected chi connectivity index (χ2v) is 9.44. The minimum atomic E-state index is -1.000. The number of aliphatic hydroxyl groups excluding tert-OH is 1. The van der Waals surface area contributed by atoms with Crippen molar-refractivity contribution in [3.63, 3.8) is 0 Å². The highest BCUT2D eigenvalue weighted by atomic mass is 16.3. The second kappa shape index (κ2) is 4.64. The van der Waals surface area contributed by atoms with Gasteiger partial charge in [-0.25, -0.2) is 0 Å². The number of hydrogen-bond donors (Lipinski definition) is 2. The SMILES string of the molecule is CC1(C)CCC[C@]2(C)C3Cc4occc4C(C)(O)C3[C@@H](O)CC12. The third kappa shape index (κ3) is 1.96. The van der Waals surface area contributed by atoms with Crippen molar-refractivity contribution < 1.29 is 14.6 Å². The zero-order valence-electron chi connectivity index (χ0n) is 14.8. The zero-order valence-corrected chi connectivity index (χ0v) is 14.8. The van der Waals surface area contributed by atoms with Gasteiger partial charge in [-0.1, -0.05) is 27.2 Å². The third-order valence-electron chi connectivity index (χ3n) is 7.79. The van der Waals surface area contributed by atoms with Gasteiger partial charge in [-0.3, -0.25) is 0 Å². The first-order valence-electron chi connectivity index (χ1n) is 9.15. The van der Waals surface area contributed by atoms with E-state index in [1.54, 1.807) is 6.26 Å². The van der Waals surface area contributed by atoms with Crippen molar-refractivity contribution in [1.29, 1.82) is 0 Å². The van der Waals surface area contributed by atoms with Crippen molar-refractivity contribution in [1.82, 2.24) is 0 Å². The monoisotopic (exact) mass is 318 g/mol. The maximum atomic E-state index is 11.3. The highest BCUT2D eigenvalue weighted by Crippen LogP contribution is 2.65. The standard InChI is InChI=1S/C20H30O3/c1-18(2)7-5-8-19(3)13-10-15-12(6-9-23-15)20(4,22)17(13)14(21)11-16(18)19/h6,9,13-14,16-17,21-22H,5,7-8,10-11H2,1-4H3/t13?,14-,16?,17?,19+,20?/m0/s1. The Balaban J connectivity index is 1.84. The first kappa shape index (κ1) is 15.7. The van der Waals surface area contributed by atoms with Crippen LogP contribution < -0.4 is 0 Å². The molecule has 128 valence electrons. The predicted molar refractivity (Wildman–Crippen MR) is 88.8 cm³/mol. The summed E-state index contributed by atoms with van der Waals surface area (Å²) in [5.41, 5.74) is 0.309. The van der Waals surface area contributed by atoms with Crippen LogP contribution in [0.3, 0.4) is 0 Å². The van der Waals surface area contributed by atoms with E-state index in [4.69, 9.17) is 4.42 Å². The number of aliphatic hydroxyl groups is 2. The van der Waals surface area contributed by atoms with Gasteiger partial charge in [-0.2, -0.15) is 0 Å². The first-order valence-corrected chi connectivity index (χ1v) is 9.15. The first-order chi connectivity index (χ1) is 10.7. The van der Waals surface area contributed by atoms with Gasteiger partial charge in [-0.15, -0.1) is 0 Å². The second-order valence-electron chi connectivity index (χ2n) is 9.44. The van der Waals surface area contributed by atoms with E-state index < -0.39 is 11.7 Å². The molecule has 3 aliphatic carbocycles. The van der Waals surface area contributed by atoms with Gasteiger partial charge in [0, 0.05) is 17.9 Å². The highest BCUT2D eigenvalue weighted by molar-refractivity contribution is 5.32. The Morgan fingerprint density at radius 1 is 1.17 bits per heavy atom. The Labute approximate surface area is 139 Å². The van der Waals surface area contributed by atoms with E-state index >= 15 is 0 Å². The van der Waals surface area contributed by atoms with Crippen LogP contribution in [0.4, 0.5) is 0 Å². The minimum absolute atomic E-state index is 0.0947. The highest BCUT2D eigenvalue weighted by Gasteiger charge is 2.62. The molecular weight excluding hydrogens is 288 g/mol. The van der Waals surface area contributed by atoms with E-state index in [1.165, 1.54) is 19.3 Å². The van der Waals surface area contributed by atoms with Crippen LogP contribution >= 0.6 is 0 Å². The summed E-state index contributed by atoms with van der Waals surface area (Å²) in [6, 6.07) is 1.89. The fourth-order valence-corrected chi connectivity index (χ4v) is 6.72. The molecule has 0 spiro atoms. The molecule has 0 saturated heterocycles. The topological polar surface area (TPSA) is 53.6 Å². The predicted octanol–water partition coefficient (Wildman–Crippen LogP) is 3.87. The van der Waals surface area contributed by atoms with Gasteiger partial charge in [0.05, 0.1) is 18.0 Å². The lowest BCUT2D eigenvalue weighted by Gasteiger charge is -2.63. The lowest BCUT2D eigenvalue weighted by atomic mass is 9.42. The summed E-state index contributed by atoms with van der Waals surface area (Å²) >= 11 is 0. The molecule has 3 heteroatoms. The maximum Gasteiger partial charge on any atom is 0.110 e. The molecule has 2 N–H and O–H groups in total. The largest absolute Gasteiger partial charge is 0.469 e. The molecule has 0 amide bonds. The summed E-state index contributed by atoms with van der Waals surface area (Å²) in [7, 11) is 0. The number of hydrogen-bond acceptors (Lipinski definition) is 3. The number of fused-ring (bicyclic) bond motifs is 4. The smallest absolute Gasteiger partial charge is 0.110 e. The van der Waals surface area contributed by atoms with Crippen molar-refractivity contribution in [2.75, 3.05) is 0 Å². The molecule has 4 unspecified atom stereocenters.